The van der Waals surface area contributed by atoms with Crippen molar-refractivity contribution in [2.24, 2.45) is 0 Å². The van der Waals surface area contributed by atoms with Crippen molar-refractivity contribution < 1.29 is 0 Å². The van der Waals surface area contributed by atoms with Crippen molar-refractivity contribution in [3.8, 4) is 28.1 Å². The van der Waals surface area contributed by atoms with Crippen LogP contribution in [0, 0.1) is 0 Å². The van der Waals surface area contributed by atoms with Crippen LogP contribution in [0.25, 0.3) is 82.2 Å². The normalized spacial score (nSPS) is 11.6. The summed E-state index contributed by atoms with van der Waals surface area (Å²) in [6, 6.07) is 74.1. The number of hydrogen-bond donors (Lipinski definition) is 0. The zero-order valence-electron chi connectivity index (χ0n) is 30.5. The van der Waals surface area contributed by atoms with Crippen LogP contribution in [0.2, 0.25) is 0 Å². The minimum Gasteiger partial charge on any atom is -0.309 e. The predicted octanol–water partition coefficient (Wildman–Crippen LogP) is 14.4. The van der Waals surface area contributed by atoms with Gasteiger partial charge in [0.1, 0.15) is 0 Å². The molecule has 262 valence electrons. The summed E-state index contributed by atoms with van der Waals surface area (Å²) < 4.78 is 2.37. The van der Waals surface area contributed by atoms with Crippen molar-refractivity contribution in [2.75, 3.05) is 4.90 Å². The summed E-state index contributed by atoms with van der Waals surface area (Å²) in [6.07, 6.45) is 1.98. The van der Waals surface area contributed by atoms with Gasteiger partial charge in [-0.25, -0.2) is 0 Å². The monoisotopic (exact) mass is 713 g/mol. The van der Waals surface area contributed by atoms with Gasteiger partial charge in [-0.15, -0.1) is 0 Å². The van der Waals surface area contributed by atoms with Gasteiger partial charge in [0.25, 0.3) is 0 Å². The second-order valence-corrected chi connectivity index (χ2v) is 14.4. The van der Waals surface area contributed by atoms with Crippen LogP contribution in [0.15, 0.2) is 212 Å². The molecule has 0 radical (unpaired) electrons. The Kier molecular flexibility index (Phi) is 7.49. The molecular formula is C53H35N3. The lowest BCUT2D eigenvalue weighted by Gasteiger charge is -2.25. The molecule has 0 fully saturated rings. The van der Waals surface area contributed by atoms with E-state index in [2.05, 4.69) is 204 Å². The molecule has 11 rings (SSSR count). The number of aromatic nitrogens is 2. The highest BCUT2D eigenvalue weighted by Crippen LogP contribution is 2.40. The lowest BCUT2D eigenvalue weighted by molar-refractivity contribution is 1.18. The third-order valence-electron chi connectivity index (χ3n) is 11.2. The lowest BCUT2D eigenvalue weighted by atomic mass is 9.91. The maximum atomic E-state index is 5.02. The van der Waals surface area contributed by atoms with Crippen molar-refractivity contribution in [2.45, 2.75) is 0 Å². The van der Waals surface area contributed by atoms with E-state index in [0.29, 0.717) is 0 Å². The zero-order valence-corrected chi connectivity index (χ0v) is 30.5. The summed E-state index contributed by atoms with van der Waals surface area (Å²) in [7, 11) is 0. The highest BCUT2D eigenvalue weighted by Gasteiger charge is 2.16. The smallest absolute Gasteiger partial charge is 0.0703 e. The summed E-state index contributed by atoms with van der Waals surface area (Å²) >= 11 is 0. The first-order chi connectivity index (χ1) is 27.8. The van der Waals surface area contributed by atoms with Gasteiger partial charge < -0.3 is 9.47 Å². The molecule has 0 unspecified atom stereocenters. The molecule has 0 bridgehead atoms. The van der Waals surface area contributed by atoms with E-state index in [1.165, 1.54) is 65.3 Å². The van der Waals surface area contributed by atoms with Crippen molar-refractivity contribution in [3.05, 3.63) is 212 Å². The molecular weight excluding hydrogens is 679 g/mol. The Balaban J connectivity index is 0.970. The molecule has 56 heavy (non-hydrogen) atoms. The Bertz CT molecular complexity index is 3110. The Morgan fingerprint density at radius 2 is 0.786 bits per heavy atom. The largest absolute Gasteiger partial charge is 0.309 e. The van der Waals surface area contributed by atoms with Crippen molar-refractivity contribution in [3.63, 3.8) is 0 Å². The fourth-order valence-corrected chi connectivity index (χ4v) is 8.59. The van der Waals surface area contributed by atoms with Gasteiger partial charge in [-0.05, 0) is 116 Å². The van der Waals surface area contributed by atoms with Gasteiger partial charge in [0.05, 0.1) is 28.6 Å². The van der Waals surface area contributed by atoms with E-state index in [1.54, 1.807) is 0 Å². The summed E-state index contributed by atoms with van der Waals surface area (Å²) in [6.45, 7) is 0. The first kappa shape index (κ1) is 32.0. The molecule has 2 heterocycles. The van der Waals surface area contributed by atoms with Crippen LogP contribution in [-0.4, -0.2) is 9.55 Å². The van der Waals surface area contributed by atoms with E-state index in [-0.39, 0.29) is 0 Å². The van der Waals surface area contributed by atoms with E-state index < -0.39 is 0 Å². The first-order valence-electron chi connectivity index (χ1n) is 19.1. The van der Waals surface area contributed by atoms with Crippen LogP contribution in [0.5, 0.6) is 0 Å². The third kappa shape index (κ3) is 5.25. The average Bonchev–Trinajstić information content (AvgIpc) is 3.62. The Morgan fingerprint density at radius 3 is 1.34 bits per heavy atom. The number of rotatable bonds is 6. The predicted molar refractivity (Wildman–Crippen MR) is 237 cm³/mol. The fourth-order valence-electron chi connectivity index (χ4n) is 8.59. The maximum Gasteiger partial charge on any atom is 0.0703 e. The summed E-state index contributed by atoms with van der Waals surface area (Å²) in [5.74, 6) is 0. The second-order valence-electron chi connectivity index (χ2n) is 14.4. The van der Waals surface area contributed by atoms with Crippen molar-refractivity contribution in [1.29, 1.82) is 0 Å². The summed E-state index contributed by atoms with van der Waals surface area (Å²) in [5, 5.41) is 10.0. The van der Waals surface area contributed by atoms with Crippen LogP contribution in [0.4, 0.5) is 17.1 Å². The highest BCUT2D eigenvalue weighted by molar-refractivity contribution is 6.26. The van der Waals surface area contributed by atoms with Gasteiger partial charge in [0.2, 0.25) is 0 Å². The number of anilines is 3. The van der Waals surface area contributed by atoms with Gasteiger partial charge in [-0.1, -0.05) is 133 Å². The molecule has 2 aromatic heterocycles. The highest BCUT2D eigenvalue weighted by atomic mass is 15.1. The van der Waals surface area contributed by atoms with Gasteiger partial charge in [0, 0.05) is 33.4 Å². The molecule has 0 N–H and O–H groups in total. The van der Waals surface area contributed by atoms with Crippen LogP contribution in [-0.2, 0) is 0 Å². The third-order valence-corrected chi connectivity index (χ3v) is 11.2. The molecule has 11 aromatic rings. The standard InChI is InChI=1S/C53H35N3/c1-3-13-39(14-4-1)55(40-15-5-2-6-16-40)42-29-32-51(54-35-42)38-26-31-46-45-30-25-37(33-49(45)43-17-7-8-18-44(43)50(46)34-38)36-23-27-41(28-24-36)56-52-21-11-9-19-47(52)48-20-10-12-22-53(48)56/h1-35H. The van der Waals surface area contributed by atoms with E-state index in [9.17, 15) is 0 Å². The quantitative estimate of drug-likeness (QED) is 0.160. The van der Waals surface area contributed by atoms with Gasteiger partial charge in [-0.2, -0.15) is 0 Å². The Labute approximate surface area is 325 Å². The van der Waals surface area contributed by atoms with Crippen LogP contribution in [0.1, 0.15) is 0 Å². The van der Waals surface area contributed by atoms with E-state index in [0.717, 1.165) is 34.0 Å². The Hall–Kier alpha value is -7.49. The SMILES string of the molecule is c1ccc(N(c2ccccc2)c2ccc(-c3ccc4c5ccc(-c6ccc(-n7c8ccccc8c8ccccc87)cc6)cc5c5ccccc5c4c3)nc2)cc1. The fraction of sp³-hybridized carbons (Fsp3) is 0. The van der Waals surface area contributed by atoms with Crippen molar-refractivity contribution >= 4 is 71.2 Å². The number of hydrogen-bond acceptors (Lipinski definition) is 2. The molecule has 0 aliphatic carbocycles. The molecule has 0 aliphatic rings. The molecule has 0 amide bonds. The number of fused-ring (bicyclic) bond motifs is 9. The Morgan fingerprint density at radius 1 is 0.321 bits per heavy atom. The molecule has 0 aliphatic heterocycles. The van der Waals surface area contributed by atoms with Crippen molar-refractivity contribution in [1.82, 2.24) is 9.55 Å². The maximum absolute atomic E-state index is 5.02. The average molecular weight is 714 g/mol. The van der Waals surface area contributed by atoms with Crippen LogP contribution < -0.4 is 4.90 Å². The van der Waals surface area contributed by atoms with Gasteiger partial charge >= 0.3 is 0 Å². The minimum absolute atomic E-state index is 0.945. The van der Waals surface area contributed by atoms with Crippen LogP contribution >= 0.6 is 0 Å². The topological polar surface area (TPSA) is 21.1 Å². The van der Waals surface area contributed by atoms with E-state index in [1.807, 2.05) is 18.3 Å². The summed E-state index contributed by atoms with van der Waals surface area (Å²) in [5.41, 5.74) is 11.3. The van der Waals surface area contributed by atoms with Crippen LogP contribution in [0.3, 0.4) is 0 Å². The zero-order chi connectivity index (χ0) is 37.0. The molecule has 0 saturated carbocycles. The lowest BCUT2D eigenvalue weighted by Crippen LogP contribution is -2.09. The number of para-hydroxylation sites is 4. The van der Waals surface area contributed by atoms with E-state index >= 15 is 0 Å². The van der Waals surface area contributed by atoms with Gasteiger partial charge in [0.15, 0.2) is 0 Å². The second kappa shape index (κ2) is 13.1. The number of pyridine rings is 1. The minimum atomic E-state index is 0.945. The van der Waals surface area contributed by atoms with Gasteiger partial charge in [-0.3, -0.25) is 4.98 Å². The molecule has 9 aromatic carbocycles. The number of nitrogens with zero attached hydrogens (tertiary/aromatic N) is 3. The molecule has 0 saturated heterocycles. The molecule has 3 nitrogen and oxygen atoms in total. The summed E-state index contributed by atoms with van der Waals surface area (Å²) in [4.78, 5) is 7.27. The first-order valence-corrected chi connectivity index (χ1v) is 19.1. The molecule has 3 heteroatoms. The molecule has 0 atom stereocenters. The van der Waals surface area contributed by atoms with E-state index in [4.69, 9.17) is 4.98 Å². The number of benzene rings is 9. The molecule has 0 spiro atoms.